The normalized spacial score (nSPS) is 19.9. The molecule has 5 nitrogen and oxygen atoms in total. The Hall–Kier alpha value is -0.510. The maximum absolute atomic E-state index is 12.4. The molecule has 0 spiro atoms. The van der Waals surface area contributed by atoms with Crippen LogP contribution >= 0.6 is 7.80 Å². The van der Waals surface area contributed by atoms with Gasteiger partial charge in [0.1, 0.15) is 0 Å². The fraction of sp³-hybridized carbons (Fsp3) is 0.933. The van der Waals surface area contributed by atoms with E-state index in [0.717, 1.165) is 12.8 Å². The van der Waals surface area contributed by atoms with Gasteiger partial charge in [-0.1, -0.05) is 36.7 Å². The van der Waals surface area contributed by atoms with Gasteiger partial charge >= 0.3 is 13.8 Å². The van der Waals surface area contributed by atoms with Crippen molar-refractivity contribution in [2.75, 3.05) is 25.7 Å². The van der Waals surface area contributed by atoms with Crippen molar-refractivity contribution in [3.63, 3.8) is 0 Å². The van der Waals surface area contributed by atoms with Gasteiger partial charge in [0.2, 0.25) is 11.9 Å². The Bertz CT molecular complexity index is 341. The molecular formula is C15H28O5P+. The molecule has 0 aromatic heterocycles. The average Bonchev–Trinajstić information content (AvgIpc) is 2.48. The van der Waals surface area contributed by atoms with Crippen molar-refractivity contribution < 1.29 is 23.9 Å². The summed E-state index contributed by atoms with van der Waals surface area (Å²) >= 11 is 0. The molecule has 0 radical (unpaired) electrons. The van der Waals surface area contributed by atoms with E-state index >= 15 is 0 Å². The van der Waals surface area contributed by atoms with E-state index in [9.17, 15) is 9.36 Å². The maximum Gasteiger partial charge on any atom is 0.370 e. The lowest BCUT2D eigenvalue weighted by molar-refractivity contribution is -0.171. The second-order valence-corrected chi connectivity index (χ2v) is 7.20. The second kappa shape index (κ2) is 9.50. The molecule has 1 aliphatic carbocycles. The Morgan fingerprint density at radius 3 is 2.43 bits per heavy atom. The zero-order valence-corrected chi connectivity index (χ0v) is 14.1. The molecule has 0 heterocycles. The number of carbonyl (C=O) groups is 1. The Labute approximate surface area is 128 Å². The maximum atomic E-state index is 12.4. The van der Waals surface area contributed by atoms with Gasteiger partial charge in [-0.15, -0.1) is 0 Å². The van der Waals surface area contributed by atoms with Crippen molar-refractivity contribution in [3.05, 3.63) is 0 Å². The number of esters is 1. The predicted molar refractivity (Wildman–Crippen MR) is 81.7 cm³/mol. The Morgan fingerprint density at radius 2 is 1.90 bits per heavy atom. The fourth-order valence-corrected chi connectivity index (χ4v) is 4.13. The van der Waals surface area contributed by atoms with E-state index in [2.05, 4.69) is 0 Å². The van der Waals surface area contributed by atoms with Crippen LogP contribution in [-0.4, -0.2) is 42.4 Å². The van der Waals surface area contributed by atoms with Crippen LogP contribution in [0.5, 0.6) is 0 Å². The lowest BCUT2D eigenvalue weighted by atomic mass is 9.81. The van der Waals surface area contributed by atoms with Crippen LogP contribution in [0.4, 0.5) is 0 Å². The van der Waals surface area contributed by atoms with E-state index in [0.29, 0.717) is 18.9 Å². The molecule has 1 fully saturated rings. The van der Waals surface area contributed by atoms with E-state index in [1.807, 2.05) is 6.92 Å². The average molecular weight is 319 g/mol. The first-order valence-corrected chi connectivity index (χ1v) is 9.55. The highest BCUT2D eigenvalue weighted by atomic mass is 31.1. The molecule has 0 saturated heterocycles. The lowest BCUT2D eigenvalue weighted by Crippen LogP contribution is -2.47. The number of rotatable bonds is 9. The molecule has 0 amide bonds. The number of carbonyl (C=O) groups excluding carboxylic acids is 1. The molecule has 2 atom stereocenters. The minimum atomic E-state index is -1.87. The summed E-state index contributed by atoms with van der Waals surface area (Å²) in [5, 5.41) is 9.09. The molecule has 1 rings (SSSR count). The number of ether oxygens (including phenoxy) is 2. The van der Waals surface area contributed by atoms with Crippen molar-refractivity contribution in [2.45, 2.75) is 58.0 Å². The smallest absolute Gasteiger partial charge is 0.370 e. The summed E-state index contributed by atoms with van der Waals surface area (Å²) in [6.45, 7) is 4.20. The van der Waals surface area contributed by atoms with Crippen molar-refractivity contribution in [1.29, 1.82) is 0 Å². The minimum Gasteiger partial charge on any atom is -0.464 e. The molecule has 0 bridgehead atoms. The van der Waals surface area contributed by atoms with Crippen LogP contribution in [0.1, 0.15) is 52.4 Å². The number of aliphatic hydroxyl groups excluding tert-OH is 1. The first-order chi connectivity index (χ1) is 10.1. The molecule has 1 N–H and O–H groups in total. The molecule has 0 aromatic rings. The van der Waals surface area contributed by atoms with E-state index in [-0.39, 0.29) is 12.8 Å². The molecule has 0 aromatic carbocycles. The SMILES string of the molecule is CCOC(=O)C(CC1CCCCC1)(C[P+](=O)CO)OCC. The highest BCUT2D eigenvalue weighted by molar-refractivity contribution is 7.44. The monoisotopic (exact) mass is 319 g/mol. The highest BCUT2D eigenvalue weighted by Gasteiger charge is 2.49. The van der Waals surface area contributed by atoms with Crippen LogP contribution in [0.15, 0.2) is 0 Å². The van der Waals surface area contributed by atoms with Crippen molar-refractivity contribution in [1.82, 2.24) is 0 Å². The third-order valence-corrected chi connectivity index (χ3v) is 5.18. The van der Waals surface area contributed by atoms with E-state index in [1.165, 1.54) is 19.3 Å². The molecule has 0 aliphatic heterocycles. The summed E-state index contributed by atoms with van der Waals surface area (Å²) in [7, 11) is -1.87. The Morgan fingerprint density at radius 1 is 1.24 bits per heavy atom. The summed E-state index contributed by atoms with van der Waals surface area (Å²) in [5.41, 5.74) is -1.16. The van der Waals surface area contributed by atoms with Crippen molar-refractivity contribution in [3.8, 4) is 0 Å². The number of hydrogen-bond donors (Lipinski definition) is 1. The summed E-state index contributed by atoms with van der Waals surface area (Å²) in [6, 6.07) is 0. The molecule has 1 saturated carbocycles. The van der Waals surface area contributed by atoms with Gasteiger partial charge < -0.3 is 14.6 Å². The molecule has 1 aliphatic rings. The molecule has 122 valence electrons. The zero-order chi connectivity index (χ0) is 15.7. The second-order valence-electron chi connectivity index (χ2n) is 5.64. The topological polar surface area (TPSA) is 72.8 Å². The highest BCUT2D eigenvalue weighted by Crippen LogP contribution is 2.38. The van der Waals surface area contributed by atoms with Crippen molar-refractivity contribution in [2.24, 2.45) is 5.92 Å². The predicted octanol–water partition coefficient (Wildman–Crippen LogP) is 3.07. The van der Waals surface area contributed by atoms with Gasteiger partial charge in [-0.05, 0) is 26.2 Å². The van der Waals surface area contributed by atoms with Crippen LogP contribution in [0.3, 0.4) is 0 Å². The Balaban J connectivity index is 2.90. The molecule has 6 heteroatoms. The standard InChI is InChI=1S/C15H28O5P/c1-3-19-14(17)15(20-4-2,11-21(18)12-16)10-13-8-6-5-7-9-13/h13,16H,3-12H2,1-2H3/q+1. The van der Waals surface area contributed by atoms with Gasteiger partial charge in [0.25, 0.3) is 0 Å². The van der Waals surface area contributed by atoms with Gasteiger partial charge in [0.05, 0.1) is 6.61 Å². The minimum absolute atomic E-state index is 0.0437. The quantitative estimate of drug-likeness (QED) is 0.522. The zero-order valence-electron chi connectivity index (χ0n) is 13.2. The van der Waals surface area contributed by atoms with Gasteiger partial charge in [0.15, 0.2) is 6.16 Å². The van der Waals surface area contributed by atoms with Gasteiger partial charge in [-0.25, -0.2) is 4.79 Å². The van der Waals surface area contributed by atoms with E-state index in [4.69, 9.17) is 14.6 Å². The van der Waals surface area contributed by atoms with Gasteiger partial charge in [0, 0.05) is 6.61 Å². The lowest BCUT2D eigenvalue weighted by Gasteiger charge is -2.32. The van der Waals surface area contributed by atoms with Crippen LogP contribution in [0.25, 0.3) is 0 Å². The molecular weight excluding hydrogens is 291 g/mol. The number of hydrogen-bond acceptors (Lipinski definition) is 5. The van der Waals surface area contributed by atoms with E-state index in [1.54, 1.807) is 6.92 Å². The number of aliphatic hydroxyl groups is 1. The Kier molecular flexibility index (Phi) is 8.38. The third-order valence-electron chi connectivity index (χ3n) is 4.00. The third kappa shape index (κ3) is 5.65. The first-order valence-electron chi connectivity index (χ1n) is 7.92. The largest absolute Gasteiger partial charge is 0.464 e. The summed E-state index contributed by atoms with van der Waals surface area (Å²) < 4.78 is 22.8. The van der Waals surface area contributed by atoms with E-state index < -0.39 is 25.7 Å². The molecule has 2 unspecified atom stereocenters. The summed E-state index contributed by atoms with van der Waals surface area (Å²) in [5.74, 6) is -0.0361. The van der Waals surface area contributed by atoms with Crippen LogP contribution in [0.2, 0.25) is 0 Å². The van der Waals surface area contributed by atoms with Crippen LogP contribution in [0, 0.1) is 5.92 Å². The van der Waals surface area contributed by atoms with Crippen LogP contribution in [-0.2, 0) is 18.8 Å². The molecule has 21 heavy (non-hydrogen) atoms. The summed E-state index contributed by atoms with van der Waals surface area (Å²) in [4.78, 5) is 12.4. The fourth-order valence-electron chi connectivity index (χ4n) is 3.11. The summed E-state index contributed by atoms with van der Waals surface area (Å²) in [6.07, 6.45) is 5.89. The van der Waals surface area contributed by atoms with Crippen molar-refractivity contribution >= 4 is 13.8 Å². The first kappa shape index (κ1) is 18.5. The van der Waals surface area contributed by atoms with Crippen LogP contribution < -0.4 is 0 Å². The van der Waals surface area contributed by atoms with Gasteiger partial charge in [-0.3, -0.25) is 0 Å². The van der Waals surface area contributed by atoms with Gasteiger partial charge in [-0.2, -0.15) is 0 Å².